The molecule has 0 saturated heterocycles. The molecule has 0 unspecified atom stereocenters. The van der Waals surface area contributed by atoms with Crippen LogP contribution in [0.3, 0.4) is 0 Å². The second-order valence-corrected chi connectivity index (χ2v) is 20.3. The van der Waals surface area contributed by atoms with Crippen LogP contribution in [0.2, 0.25) is 0 Å². The molecule has 3 heterocycles. The topological polar surface area (TPSA) is 113 Å². The second-order valence-electron chi connectivity index (χ2n) is 4.45. The molecule has 0 aliphatic heterocycles. The average Bonchev–Trinajstić information content (AvgIpc) is 2.75. The van der Waals surface area contributed by atoms with E-state index in [0.29, 0.717) is 16.7 Å². The van der Waals surface area contributed by atoms with E-state index in [-0.39, 0.29) is 0 Å². The Morgan fingerprint density at radius 1 is 0.621 bits per heavy atom. The standard InChI is InChI=1S/3C6H4N2.4ClH.Ru/c3*7-5-6-1-3-8-4-2-6;;;;;/h3*1-4H;4*1H;/q;;;;;;;+3/p-2. The van der Waals surface area contributed by atoms with E-state index in [2.05, 4.69) is 15.0 Å². The Bertz CT molecular complexity index is 810. The number of rotatable bonds is 0. The van der Waals surface area contributed by atoms with Gasteiger partial charge in [0.2, 0.25) is 0 Å². The number of aromatic nitrogens is 3. The van der Waals surface area contributed by atoms with E-state index in [9.17, 15) is 0 Å². The zero-order chi connectivity index (χ0) is 22.0. The summed E-state index contributed by atoms with van der Waals surface area (Å²) in [6.45, 7) is 0. The SMILES string of the molecule is N#Cc1cc[nH+]cc1.N#Cc1cc[nH+]cc1.N#Cc1ccncc1.[Cl][Ru-]([Cl])([Cl])[Cl]. The fourth-order valence-corrected chi connectivity index (χ4v) is 1.35. The van der Waals surface area contributed by atoms with Gasteiger partial charge in [0.1, 0.15) is 0 Å². The molecule has 29 heavy (non-hydrogen) atoms. The molecule has 151 valence electrons. The Morgan fingerprint density at radius 2 is 0.897 bits per heavy atom. The number of aromatic amines is 2. The third-order valence-corrected chi connectivity index (χ3v) is 2.50. The molecule has 0 aliphatic carbocycles. The summed E-state index contributed by atoms with van der Waals surface area (Å²) in [5.74, 6) is 0. The molecule has 0 amide bonds. The van der Waals surface area contributed by atoms with Gasteiger partial charge in [0, 0.05) is 36.7 Å². The first-order chi connectivity index (χ1) is 13.8. The molecule has 3 rings (SSSR count). The van der Waals surface area contributed by atoms with Crippen molar-refractivity contribution in [3.8, 4) is 18.2 Å². The van der Waals surface area contributed by atoms with Crippen molar-refractivity contribution in [1.29, 1.82) is 15.8 Å². The van der Waals surface area contributed by atoms with Gasteiger partial charge >= 0.3 is 49.6 Å². The van der Waals surface area contributed by atoms with Crippen LogP contribution in [0, 0.1) is 34.0 Å². The van der Waals surface area contributed by atoms with Crippen molar-refractivity contribution in [2.75, 3.05) is 0 Å². The number of H-pyrrole nitrogens is 2. The summed E-state index contributed by atoms with van der Waals surface area (Å²) in [7, 11) is 17.0. The quantitative estimate of drug-likeness (QED) is 0.380. The molecule has 0 radical (unpaired) electrons. The van der Waals surface area contributed by atoms with Crippen LogP contribution in [0.15, 0.2) is 73.6 Å². The average molecular weight is 557 g/mol. The molecule has 3 aromatic heterocycles. The van der Waals surface area contributed by atoms with Gasteiger partial charge in [0.05, 0.1) is 34.9 Å². The van der Waals surface area contributed by atoms with Crippen molar-refractivity contribution in [2.45, 2.75) is 0 Å². The minimum atomic E-state index is -2.97. The van der Waals surface area contributed by atoms with Crippen LogP contribution in [-0.2, 0) is 10.8 Å². The van der Waals surface area contributed by atoms with Crippen LogP contribution in [0.4, 0.5) is 0 Å². The fourth-order valence-electron chi connectivity index (χ4n) is 1.35. The predicted molar refractivity (Wildman–Crippen MR) is 108 cm³/mol. The molecule has 11 heteroatoms. The summed E-state index contributed by atoms with van der Waals surface area (Å²) in [4.78, 5) is 9.37. The van der Waals surface area contributed by atoms with Gasteiger partial charge in [0.15, 0.2) is 24.8 Å². The van der Waals surface area contributed by atoms with Crippen LogP contribution in [-0.4, -0.2) is 4.98 Å². The van der Waals surface area contributed by atoms with Gasteiger partial charge in [-0.15, -0.1) is 0 Å². The Hall–Kier alpha value is -2.30. The molecule has 0 bridgehead atoms. The molecule has 0 aromatic carbocycles. The third kappa shape index (κ3) is 18.8. The molecule has 3 aromatic rings. The zero-order valence-corrected chi connectivity index (χ0v) is 19.3. The van der Waals surface area contributed by atoms with Crippen LogP contribution >= 0.6 is 38.8 Å². The van der Waals surface area contributed by atoms with Crippen molar-refractivity contribution in [3.63, 3.8) is 0 Å². The van der Waals surface area contributed by atoms with E-state index in [1.165, 1.54) is 0 Å². The summed E-state index contributed by atoms with van der Waals surface area (Å²) < 4.78 is 0. The normalized spacial score (nSPS) is 9.14. The van der Waals surface area contributed by atoms with E-state index < -0.39 is 10.8 Å². The Morgan fingerprint density at radius 3 is 1.10 bits per heavy atom. The van der Waals surface area contributed by atoms with Gasteiger partial charge < -0.3 is 0 Å². The molecule has 0 spiro atoms. The molecule has 6 nitrogen and oxygen atoms in total. The van der Waals surface area contributed by atoms with E-state index in [4.69, 9.17) is 54.5 Å². The number of nitriles is 3. The van der Waals surface area contributed by atoms with E-state index in [0.717, 1.165) is 0 Å². The van der Waals surface area contributed by atoms with Crippen molar-refractivity contribution in [1.82, 2.24) is 4.98 Å². The first kappa shape index (κ1) is 26.7. The third-order valence-electron chi connectivity index (χ3n) is 2.50. The van der Waals surface area contributed by atoms with Crippen LogP contribution in [0.1, 0.15) is 16.7 Å². The molecule has 0 aliphatic rings. The van der Waals surface area contributed by atoms with Gasteiger partial charge in [-0.3, -0.25) is 4.98 Å². The maximum atomic E-state index is 8.27. The summed E-state index contributed by atoms with van der Waals surface area (Å²) in [5, 5.41) is 24.8. The molecule has 0 fully saturated rings. The van der Waals surface area contributed by atoms with Gasteiger partial charge in [-0.05, 0) is 12.1 Å². The number of hydrogen-bond donors (Lipinski definition) is 0. The van der Waals surface area contributed by atoms with Gasteiger partial charge in [0.25, 0.3) is 0 Å². The van der Waals surface area contributed by atoms with Crippen molar-refractivity contribution in [2.24, 2.45) is 0 Å². The number of hydrogen-bond acceptors (Lipinski definition) is 4. The van der Waals surface area contributed by atoms with Crippen molar-refractivity contribution >= 4 is 38.8 Å². The monoisotopic (exact) mass is 556 g/mol. The zero-order valence-electron chi connectivity index (χ0n) is 14.6. The number of nitrogens with one attached hydrogen (secondary N) is 2. The minimum absolute atomic E-state index is 0.653. The Kier molecular flexibility index (Phi) is 15.3. The second kappa shape index (κ2) is 16.6. The van der Waals surface area contributed by atoms with Crippen molar-refractivity contribution in [3.05, 3.63) is 90.3 Å². The van der Waals surface area contributed by atoms with Gasteiger partial charge in [-0.25, -0.2) is 9.97 Å². The first-order valence-electron chi connectivity index (χ1n) is 7.36. The van der Waals surface area contributed by atoms with Gasteiger partial charge in [-0.1, -0.05) is 0 Å². The molecule has 0 saturated carbocycles. The van der Waals surface area contributed by atoms with Crippen molar-refractivity contribution < 1.29 is 20.8 Å². The molecular formula is C18H14Cl4N6Ru+. The Labute approximate surface area is 187 Å². The molecule has 2 N–H and O–H groups in total. The van der Waals surface area contributed by atoms with E-state index in [1.807, 2.05) is 18.2 Å². The summed E-state index contributed by atoms with van der Waals surface area (Å²) in [6, 6.07) is 16.2. The predicted octanol–water partition coefficient (Wildman–Crippen LogP) is 4.45. The molecule has 0 atom stereocenters. The number of pyridine rings is 3. The van der Waals surface area contributed by atoms with E-state index in [1.54, 1.807) is 73.6 Å². The number of halogens is 4. The number of nitrogens with zero attached hydrogens (tertiary/aromatic N) is 4. The summed E-state index contributed by atoms with van der Waals surface area (Å²) in [6.07, 6.45) is 10.1. The maximum absolute atomic E-state index is 8.27. The first-order valence-corrected chi connectivity index (χ1v) is 16.3. The fraction of sp³-hybridized carbons (Fsp3) is 0. The van der Waals surface area contributed by atoms with Crippen LogP contribution in [0.5, 0.6) is 0 Å². The Balaban J connectivity index is 0.000000367. The summed E-state index contributed by atoms with van der Waals surface area (Å²) >= 11 is 0. The van der Waals surface area contributed by atoms with E-state index >= 15 is 0 Å². The summed E-state index contributed by atoms with van der Waals surface area (Å²) in [5.41, 5.74) is 2.02. The molecular weight excluding hydrogens is 543 g/mol. The van der Waals surface area contributed by atoms with Crippen LogP contribution in [0.25, 0.3) is 0 Å². The van der Waals surface area contributed by atoms with Crippen LogP contribution < -0.4 is 9.97 Å². The van der Waals surface area contributed by atoms with Gasteiger partial charge in [-0.2, -0.15) is 15.8 Å².